The van der Waals surface area contributed by atoms with Gasteiger partial charge in [0.1, 0.15) is 0 Å². The van der Waals surface area contributed by atoms with Crippen molar-refractivity contribution >= 4 is 11.6 Å². The van der Waals surface area contributed by atoms with Gasteiger partial charge in [-0.2, -0.15) is 0 Å². The molecule has 6 nitrogen and oxygen atoms in total. The van der Waals surface area contributed by atoms with E-state index >= 15 is 0 Å². The van der Waals surface area contributed by atoms with Crippen LogP contribution in [0.1, 0.15) is 18.0 Å². The molecule has 0 radical (unpaired) electrons. The summed E-state index contributed by atoms with van der Waals surface area (Å²) in [5.41, 5.74) is 1.91. The molecule has 1 N–H and O–H groups in total. The van der Waals surface area contributed by atoms with Crippen LogP contribution >= 0.6 is 0 Å². The van der Waals surface area contributed by atoms with E-state index in [0.717, 1.165) is 17.6 Å². The first-order valence-electron chi connectivity index (χ1n) is 5.50. The molecule has 3 rings (SSSR count). The molecule has 0 aliphatic carbocycles. The second-order valence-electron chi connectivity index (χ2n) is 4.21. The highest BCUT2D eigenvalue weighted by molar-refractivity contribution is 5.66. The topological polar surface area (TPSA) is 70.7 Å². The largest absolute Gasteiger partial charge is 0.465 e. The van der Waals surface area contributed by atoms with Crippen LogP contribution in [0.15, 0.2) is 24.9 Å². The van der Waals surface area contributed by atoms with Crippen LogP contribution in [0.2, 0.25) is 0 Å². The molecule has 1 aliphatic heterocycles. The zero-order valence-corrected chi connectivity index (χ0v) is 9.15. The highest BCUT2D eigenvalue weighted by Crippen LogP contribution is 2.28. The van der Waals surface area contributed by atoms with Crippen LogP contribution in [0.4, 0.5) is 4.79 Å². The van der Waals surface area contributed by atoms with Crippen LogP contribution in [0, 0.1) is 0 Å². The van der Waals surface area contributed by atoms with Gasteiger partial charge in [0.05, 0.1) is 23.7 Å². The molecule has 2 aromatic rings. The Morgan fingerprint density at radius 1 is 1.53 bits per heavy atom. The molecule has 17 heavy (non-hydrogen) atoms. The third-order valence-corrected chi connectivity index (χ3v) is 3.22. The quantitative estimate of drug-likeness (QED) is 0.801. The van der Waals surface area contributed by atoms with E-state index in [1.807, 2.05) is 10.6 Å². The molecular formula is C11H12N4O2. The Labute approximate surface area is 97.5 Å². The summed E-state index contributed by atoms with van der Waals surface area (Å²) in [6, 6.07) is 0. The summed E-state index contributed by atoms with van der Waals surface area (Å²) < 4.78 is 1.91. The lowest BCUT2D eigenvalue weighted by atomic mass is 10.0. The van der Waals surface area contributed by atoms with Crippen molar-refractivity contribution in [3.05, 3.63) is 30.6 Å². The molecular weight excluding hydrogens is 220 g/mol. The van der Waals surface area contributed by atoms with E-state index in [9.17, 15) is 4.79 Å². The highest BCUT2D eigenvalue weighted by atomic mass is 16.4. The summed E-state index contributed by atoms with van der Waals surface area (Å²) in [4.78, 5) is 20.8. The van der Waals surface area contributed by atoms with E-state index in [4.69, 9.17) is 5.11 Å². The SMILES string of the molecule is O=C(O)N1CCC(c2ncn3ccncc23)C1. The summed E-state index contributed by atoms with van der Waals surface area (Å²) in [6.07, 6.45) is 7.04. The summed E-state index contributed by atoms with van der Waals surface area (Å²) in [6.45, 7) is 1.11. The molecule has 1 amide bonds. The van der Waals surface area contributed by atoms with Gasteiger partial charge >= 0.3 is 6.09 Å². The molecule has 3 heterocycles. The molecule has 0 saturated carbocycles. The molecule has 2 aromatic heterocycles. The van der Waals surface area contributed by atoms with Gasteiger partial charge in [-0.1, -0.05) is 0 Å². The first-order valence-corrected chi connectivity index (χ1v) is 5.50. The van der Waals surface area contributed by atoms with Gasteiger partial charge in [0, 0.05) is 31.4 Å². The Morgan fingerprint density at radius 3 is 3.18 bits per heavy atom. The van der Waals surface area contributed by atoms with Gasteiger partial charge in [0.15, 0.2) is 0 Å². The fraction of sp³-hybridized carbons (Fsp3) is 0.364. The maximum absolute atomic E-state index is 10.9. The number of aromatic nitrogens is 3. The molecule has 6 heteroatoms. The highest BCUT2D eigenvalue weighted by Gasteiger charge is 2.29. The lowest BCUT2D eigenvalue weighted by Gasteiger charge is -2.10. The minimum atomic E-state index is -0.853. The summed E-state index contributed by atoms with van der Waals surface area (Å²) in [5, 5.41) is 8.93. The minimum absolute atomic E-state index is 0.181. The molecule has 1 saturated heterocycles. The summed E-state index contributed by atoms with van der Waals surface area (Å²) >= 11 is 0. The van der Waals surface area contributed by atoms with Crippen molar-refractivity contribution < 1.29 is 9.90 Å². The fourth-order valence-corrected chi connectivity index (χ4v) is 2.33. The van der Waals surface area contributed by atoms with E-state index in [1.165, 1.54) is 4.90 Å². The Hall–Kier alpha value is -2.11. The number of fused-ring (bicyclic) bond motifs is 1. The molecule has 0 spiro atoms. The van der Waals surface area contributed by atoms with Gasteiger partial charge in [-0.05, 0) is 6.42 Å². The van der Waals surface area contributed by atoms with Crippen molar-refractivity contribution in [2.24, 2.45) is 0 Å². The second-order valence-corrected chi connectivity index (χ2v) is 4.21. The van der Waals surface area contributed by atoms with Crippen molar-refractivity contribution in [2.75, 3.05) is 13.1 Å². The number of nitrogens with zero attached hydrogens (tertiary/aromatic N) is 4. The van der Waals surface area contributed by atoms with Gasteiger partial charge in [0.25, 0.3) is 0 Å². The number of rotatable bonds is 1. The monoisotopic (exact) mass is 232 g/mol. The van der Waals surface area contributed by atoms with Crippen molar-refractivity contribution in [3.63, 3.8) is 0 Å². The number of likely N-dealkylation sites (tertiary alicyclic amines) is 1. The zero-order valence-electron chi connectivity index (χ0n) is 9.15. The summed E-state index contributed by atoms with van der Waals surface area (Å²) in [7, 11) is 0. The third kappa shape index (κ3) is 1.61. The number of hydrogen-bond acceptors (Lipinski definition) is 3. The van der Waals surface area contributed by atoms with E-state index in [-0.39, 0.29) is 5.92 Å². The van der Waals surface area contributed by atoms with Crippen LogP contribution < -0.4 is 0 Å². The molecule has 88 valence electrons. The third-order valence-electron chi connectivity index (χ3n) is 3.22. The standard InChI is InChI=1S/C11H12N4O2/c16-11(17)14-3-1-8(6-14)10-9-5-12-2-4-15(9)7-13-10/h2,4-5,7-8H,1,3,6H2,(H,16,17). The van der Waals surface area contributed by atoms with Gasteiger partial charge in [-0.15, -0.1) is 0 Å². The molecule has 1 aliphatic rings. The van der Waals surface area contributed by atoms with E-state index in [0.29, 0.717) is 13.1 Å². The Morgan fingerprint density at radius 2 is 2.41 bits per heavy atom. The van der Waals surface area contributed by atoms with Crippen molar-refractivity contribution in [2.45, 2.75) is 12.3 Å². The van der Waals surface area contributed by atoms with Crippen LogP contribution in [0.25, 0.3) is 5.52 Å². The van der Waals surface area contributed by atoms with Crippen LogP contribution in [0.5, 0.6) is 0 Å². The second kappa shape index (κ2) is 3.73. The first-order chi connectivity index (χ1) is 8.25. The number of carbonyl (C=O) groups is 1. The van der Waals surface area contributed by atoms with E-state index in [2.05, 4.69) is 9.97 Å². The average Bonchev–Trinajstić information content (AvgIpc) is 2.95. The smallest absolute Gasteiger partial charge is 0.407 e. The molecule has 1 unspecified atom stereocenters. The van der Waals surface area contributed by atoms with Gasteiger partial charge in [0.2, 0.25) is 0 Å². The van der Waals surface area contributed by atoms with Crippen LogP contribution in [0.3, 0.4) is 0 Å². The van der Waals surface area contributed by atoms with Crippen molar-refractivity contribution in [1.29, 1.82) is 0 Å². The predicted molar refractivity (Wildman–Crippen MR) is 59.9 cm³/mol. The summed E-state index contributed by atoms with van der Waals surface area (Å²) in [5.74, 6) is 0.181. The maximum Gasteiger partial charge on any atom is 0.407 e. The molecule has 1 atom stereocenters. The van der Waals surface area contributed by atoms with Gasteiger partial charge in [-0.3, -0.25) is 4.98 Å². The minimum Gasteiger partial charge on any atom is -0.465 e. The van der Waals surface area contributed by atoms with Crippen LogP contribution in [-0.4, -0.2) is 43.6 Å². The van der Waals surface area contributed by atoms with Gasteiger partial charge in [-0.25, -0.2) is 9.78 Å². The first kappa shape index (κ1) is 10.1. The average molecular weight is 232 g/mol. The Bertz CT molecular complexity index is 565. The van der Waals surface area contributed by atoms with Gasteiger partial charge < -0.3 is 14.4 Å². The number of imidazole rings is 1. The lowest BCUT2D eigenvalue weighted by molar-refractivity contribution is 0.155. The number of carboxylic acid groups (broad SMARTS) is 1. The van der Waals surface area contributed by atoms with Crippen LogP contribution in [-0.2, 0) is 0 Å². The predicted octanol–water partition coefficient (Wildman–Crippen LogP) is 1.20. The maximum atomic E-state index is 10.9. The van der Waals surface area contributed by atoms with Crippen molar-refractivity contribution in [1.82, 2.24) is 19.3 Å². The van der Waals surface area contributed by atoms with Crippen molar-refractivity contribution in [3.8, 4) is 0 Å². The normalized spacial score (nSPS) is 20.0. The number of amides is 1. The van der Waals surface area contributed by atoms with E-state index < -0.39 is 6.09 Å². The Kier molecular flexibility index (Phi) is 2.21. The lowest BCUT2D eigenvalue weighted by Crippen LogP contribution is -2.26. The number of hydrogen-bond donors (Lipinski definition) is 1. The Balaban J connectivity index is 1.93. The molecule has 0 aromatic carbocycles. The molecule has 1 fully saturated rings. The fourth-order valence-electron chi connectivity index (χ4n) is 2.33. The zero-order chi connectivity index (χ0) is 11.8. The van der Waals surface area contributed by atoms with E-state index in [1.54, 1.807) is 18.7 Å². The molecule has 0 bridgehead atoms.